The highest BCUT2D eigenvalue weighted by Gasteiger charge is 2.25. The van der Waals surface area contributed by atoms with Crippen LogP contribution in [0.25, 0.3) is 0 Å². The van der Waals surface area contributed by atoms with Crippen molar-refractivity contribution in [2.75, 3.05) is 17.3 Å². The van der Waals surface area contributed by atoms with Gasteiger partial charge in [0, 0.05) is 11.3 Å². The van der Waals surface area contributed by atoms with Crippen molar-refractivity contribution < 1.29 is 8.42 Å². The first kappa shape index (κ1) is 14.7. The maximum absolute atomic E-state index is 12.1. The van der Waals surface area contributed by atoms with Crippen LogP contribution in [0.15, 0.2) is 29.2 Å². The number of anilines is 1. The van der Waals surface area contributed by atoms with E-state index < -0.39 is 9.84 Å². The molecule has 0 radical (unpaired) electrons. The van der Waals surface area contributed by atoms with Gasteiger partial charge in [0.25, 0.3) is 0 Å². The summed E-state index contributed by atoms with van der Waals surface area (Å²) in [6.45, 7) is 1.69. The Morgan fingerprint density at radius 1 is 1.32 bits per heavy atom. The van der Waals surface area contributed by atoms with Crippen LogP contribution < -0.4 is 5.32 Å². The Bertz CT molecular complexity index is 528. The van der Waals surface area contributed by atoms with E-state index in [9.17, 15) is 8.42 Å². The molecule has 1 N–H and O–H groups in total. The minimum atomic E-state index is -3.16. The highest BCUT2D eigenvalue weighted by atomic mass is 32.2. The molecule has 1 saturated carbocycles. The van der Waals surface area contributed by atoms with Gasteiger partial charge in [0.1, 0.15) is 0 Å². The standard InChI is InChI=1S/C14H21NO2S2/c1-3-19(16,17)14-7-5-4-6-13(14)15-11-8-9-12(10-11)18-2/h4-7,11-12,15H,3,8-10H2,1-2H3/t11-,12-/m0/s1. The van der Waals surface area contributed by atoms with Crippen LogP contribution in [0.4, 0.5) is 5.69 Å². The van der Waals surface area contributed by atoms with Crippen molar-refractivity contribution in [2.24, 2.45) is 0 Å². The Balaban J connectivity index is 2.18. The summed E-state index contributed by atoms with van der Waals surface area (Å²) in [5.74, 6) is 0.143. The summed E-state index contributed by atoms with van der Waals surface area (Å²) in [4.78, 5) is 0.435. The van der Waals surface area contributed by atoms with E-state index in [1.54, 1.807) is 19.1 Å². The Kier molecular flexibility index (Phi) is 4.79. The molecule has 0 amide bonds. The summed E-state index contributed by atoms with van der Waals surface area (Å²) in [6.07, 6.45) is 5.58. The molecule has 0 aliphatic heterocycles. The number of para-hydroxylation sites is 1. The third-order valence-electron chi connectivity index (χ3n) is 3.68. The monoisotopic (exact) mass is 299 g/mol. The van der Waals surface area contributed by atoms with E-state index in [2.05, 4.69) is 11.6 Å². The van der Waals surface area contributed by atoms with E-state index in [4.69, 9.17) is 0 Å². The number of nitrogens with one attached hydrogen (secondary N) is 1. The first-order chi connectivity index (χ1) is 9.06. The van der Waals surface area contributed by atoms with Crippen molar-refractivity contribution in [1.82, 2.24) is 0 Å². The molecule has 0 unspecified atom stereocenters. The fourth-order valence-electron chi connectivity index (χ4n) is 2.52. The molecule has 0 spiro atoms. The molecule has 0 aromatic heterocycles. The molecular weight excluding hydrogens is 278 g/mol. The first-order valence-corrected chi connectivity index (χ1v) is 9.62. The van der Waals surface area contributed by atoms with E-state index in [0.29, 0.717) is 16.2 Å². The van der Waals surface area contributed by atoms with Gasteiger partial charge < -0.3 is 5.32 Å². The molecule has 106 valence electrons. The van der Waals surface area contributed by atoms with Crippen molar-refractivity contribution in [3.63, 3.8) is 0 Å². The summed E-state index contributed by atoms with van der Waals surface area (Å²) in [7, 11) is -3.16. The number of thioether (sulfide) groups is 1. The molecule has 2 atom stereocenters. The smallest absolute Gasteiger partial charge is 0.180 e. The lowest BCUT2D eigenvalue weighted by atomic mass is 10.2. The molecule has 1 aliphatic carbocycles. The highest BCUT2D eigenvalue weighted by molar-refractivity contribution is 7.99. The lowest BCUT2D eigenvalue weighted by molar-refractivity contribution is 0.597. The lowest BCUT2D eigenvalue weighted by Gasteiger charge is -2.17. The van der Waals surface area contributed by atoms with Gasteiger partial charge in [-0.05, 0) is 37.7 Å². The second-order valence-corrected chi connectivity index (χ2v) is 8.30. The van der Waals surface area contributed by atoms with Gasteiger partial charge in [-0.3, -0.25) is 0 Å². The Labute approximate surface area is 120 Å². The zero-order valence-corrected chi connectivity index (χ0v) is 13.1. The van der Waals surface area contributed by atoms with E-state index in [0.717, 1.165) is 18.5 Å². The number of hydrogen-bond acceptors (Lipinski definition) is 4. The van der Waals surface area contributed by atoms with Gasteiger partial charge in [-0.15, -0.1) is 0 Å². The zero-order chi connectivity index (χ0) is 13.9. The van der Waals surface area contributed by atoms with E-state index >= 15 is 0 Å². The van der Waals surface area contributed by atoms with Crippen LogP contribution in [-0.2, 0) is 9.84 Å². The van der Waals surface area contributed by atoms with Crippen LogP contribution >= 0.6 is 11.8 Å². The summed E-state index contributed by atoms with van der Waals surface area (Å²) < 4.78 is 24.1. The van der Waals surface area contributed by atoms with Crippen molar-refractivity contribution in [2.45, 2.75) is 42.4 Å². The summed E-state index contributed by atoms with van der Waals surface area (Å²) >= 11 is 1.90. The molecule has 19 heavy (non-hydrogen) atoms. The summed E-state index contributed by atoms with van der Waals surface area (Å²) in [5, 5.41) is 4.12. The van der Waals surface area contributed by atoms with E-state index in [1.165, 1.54) is 6.42 Å². The van der Waals surface area contributed by atoms with Crippen LogP contribution in [0.3, 0.4) is 0 Å². The third kappa shape index (κ3) is 3.45. The Hall–Kier alpha value is -0.680. The molecule has 1 fully saturated rings. The maximum atomic E-state index is 12.1. The molecule has 1 aromatic carbocycles. The van der Waals surface area contributed by atoms with Crippen LogP contribution in [0.1, 0.15) is 26.2 Å². The second-order valence-electron chi connectivity index (χ2n) is 4.91. The molecule has 3 nitrogen and oxygen atoms in total. The van der Waals surface area contributed by atoms with Crippen molar-refractivity contribution in [3.8, 4) is 0 Å². The van der Waals surface area contributed by atoms with Gasteiger partial charge in [-0.2, -0.15) is 11.8 Å². The lowest BCUT2D eigenvalue weighted by Crippen LogP contribution is -2.18. The van der Waals surface area contributed by atoms with Crippen LogP contribution in [0.2, 0.25) is 0 Å². The predicted molar refractivity (Wildman–Crippen MR) is 82.7 cm³/mol. The zero-order valence-electron chi connectivity index (χ0n) is 11.4. The fourth-order valence-corrected chi connectivity index (χ4v) is 4.37. The van der Waals surface area contributed by atoms with Gasteiger partial charge in [0.2, 0.25) is 0 Å². The molecule has 0 bridgehead atoms. The predicted octanol–water partition coefficient (Wildman–Crippen LogP) is 3.18. The maximum Gasteiger partial charge on any atom is 0.180 e. The molecule has 0 heterocycles. The second kappa shape index (κ2) is 6.18. The minimum Gasteiger partial charge on any atom is -0.381 e. The van der Waals surface area contributed by atoms with Crippen LogP contribution in [0, 0.1) is 0 Å². The topological polar surface area (TPSA) is 46.2 Å². The summed E-state index contributed by atoms with van der Waals surface area (Å²) in [5.41, 5.74) is 0.760. The normalized spacial score (nSPS) is 23.5. The summed E-state index contributed by atoms with van der Waals surface area (Å²) in [6, 6.07) is 7.63. The van der Waals surface area contributed by atoms with Crippen molar-refractivity contribution >= 4 is 27.3 Å². The molecule has 0 saturated heterocycles. The quantitative estimate of drug-likeness (QED) is 0.907. The highest BCUT2D eigenvalue weighted by Crippen LogP contribution is 2.32. The largest absolute Gasteiger partial charge is 0.381 e. The molecule has 1 aliphatic rings. The Morgan fingerprint density at radius 2 is 2.05 bits per heavy atom. The first-order valence-electron chi connectivity index (χ1n) is 6.68. The average molecular weight is 299 g/mol. The van der Waals surface area contributed by atoms with E-state index in [1.807, 2.05) is 23.9 Å². The number of hydrogen-bond donors (Lipinski definition) is 1. The third-order valence-corrected chi connectivity index (χ3v) is 6.56. The van der Waals surface area contributed by atoms with E-state index in [-0.39, 0.29) is 5.75 Å². The molecule has 5 heteroatoms. The minimum absolute atomic E-state index is 0.143. The number of benzene rings is 1. The van der Waals surface area contributed by atoms with Crippen molar-refractivity contribution in [3.05, 3.63) is 24.3 Å². The average Bonchev–Trinajstić information content (AvgIpc) is 2.87. The number of sulfone groups is 1. The van der Waals surface area contributed by atoms with Gasteiger partial charge in [0.05, 0.1) is 16.3 Å². The molecular formula is C14H21NO2S2. The molecule has 1 aromatic rings. The van der Waals surface area contributed by atoms with Crippen LogP contribution in [-0.4, -0.2) is 31.7 Å². The fraction of sp³-hybridized carbons (Fsp3) is 0.571. The van der Waals surface area contributed by atoms with Crippen molar-refractivity contribution in [1.29, 1.82) is 0 Å². The van der Waals surface area contributed by atoms with Gasteiger partial charge in [-0.1, -0.05) is 19.1 Å². The van der Waals surface area contributed by atoms with Gasteiger partial charge >= 0.3 is 0 Å². The number of rotatable bonds is 5. The van der Waals surface area contributed by atoms with Gasteiger partial charge in [-0.25, -0.2) is 8.42 Å². The molecule has 2 rings (SSSR count). The Morgan fingerprint density at radius 3 is 2.68 bits per heavy atom. The van der Waals surface area contributed by atoms with Gasteiger partial charge in [0.15, 0.2) is 9.84 Å². The van der Waals surface area contributed by atoms with Crippen LogP contribution in [0.5, 0.6) is 0 Å². The SMILES string of the molecule is CCS(=O)(=O)c1ccccc1N[C@H]1CC[C@H](SC)C1.